The van der Waals surface area contributed by atoms with Crippen molar-refractivity contribution in [2.24, 2.45) is 0 Å². The Labute approximate surface area is 212 Å². The molecule has 1 N–H and O–H groups in total. The minimum atomic E-state index is -0.136. The molecule has 0 atom stereocenters. The van der Waals surface area contributed by atoms with Gasteiger partial charge in [-0.2, -0.15) is 5.10 Å². The summed E-state index contributed by atoms with van der Waals surface area (Å²) in [7, 11) is 0. The standard InChI is InChI=1S/C27H24N6O2S/c1-18-22(14-15-35-18)26-29-30-27(32(26)20-8-4-2-5-9-20)36-17-25(34)28-24-16-23(19-12-13-19)31-33(24)21-10-6-3-7-11-21/h2-11,14-16,19H,12-13,17H2,1H3,(H,28,34). The van der Waals surface area contributed by atoms with Crippen molar-refractivity contribution in [3.63, 3.8) is 0 Å². The second-order valence-electron chi connectivity index (χ2n) is 8.68. The molecule has 6 rings (SSSR count). The molecule has 1 aliphatic carbocycles. The van der Waals surface area contributed by atoms with E-state index >= 15 is 0 Å². The van der Waals surface area contributed by atoms with Crippen molar-refractivity contribution in [2.75, 3.05) is 11.1 Å². The molecule has 8 nitrogen and oxygen atoms in total. The van der Waals surface area contributed by atoms with E-state index in [2.05, 4.69) is 15.5 Å². The Balaban J connectivity index is 1.24. The van der Waals surface area contributed by atoms with Gasteiger partial charge in [0, 0.05) is 17.7 Å². The van der Waals surface area contributed by atoms with E-state index in [4.69, 9.17) is 9.52 Å². The molecule has 0 spiro atoms. The van der Waals surface area contributed by atoms with Crippen molar-refractivity contribution in [1.82, 2.24) is 24.5 Å². The molecule has 0 aliphatic heterocycles. The predicted molar refractivity (Wildman–Crippen MR) is 139 cm³/mol. The zero-order chi connectivity index (χ0) is 24.5. The van der Waals surface area contributed by atoms with Gasteiger partial charge in [0.2, 0.25) is 5.91 Å². The topological polar surface area (TPSA) is 90.8 Å². The maximum Gasteiger partial charge on any atom is 0.236 e. The van der Waals surface area contributed by atoms with E-state index in [1.807, 2.05) is 89.0 Å². The van der Waals surface area contributed by atoms with E-state index in [-0.39, 0.29) is 11.7 Å². The number of para-hydroxylation sites is 2. The first-order chi connectivity index (χ1) is 17.7. The Bertz CT molecular complexity index is 1500. The van der Waals surface area contributed by atoms with Gasteiger partial charge in [-0.15, -0.1) is 10.2 Å². The smallest absolute Gasteiger partial charge is 0.236 e. The van der Waals surface area contributed by atoms with Crippen LogP contribution in [-0.2, 0) is 4.79 Å². The van der Waals surface area contributed by atoms with E-state index in [0.717, 1.165) is 41.2 Å². The van der Waals surface area contributed by atoms with E-state index in [1.54, 1.807) is 6.26 Å². The monoisotopic (exact) mass is 496 g/mol. The van der Waals surface area contributed by atoms with Gasteiger partial charge in [-0.25, -0.2) is 4.68 Å². The SMILES string of the molecule is Cc1occc1-c1nnc(SCC(=O)Nc2cc(C3CC3)nn2-c2ccccc2)n1-c1ccccc1. The zero-order valence-electron chi connectivity index (χ0n) is 19.7. The molecule has 0 unspecified atom stereocenters. The highest BCUT2D eigenvalue weighted by atomic mass is 32.2. The first kappa shape index (κ1) is 22.4. The van der Waals surface area contributed by atoms with E-state index in [1.165, 1.54) is 11.8 Å². The van der Waals surface area contributed by atoms with E-state index in [0.29, 0.717) is 22.7 Å². The van der Waals surface area contributed by atoms with Gasteiger partial charge in [-0.3, -0.25) is 9.36 Å². The van der Waals surface area contributed by atoms with E-state index in [9.17, 15) is 4.79 Å². The Morgan fingerprint density at radius 3 is 2.42 bits per heavy atom. The summed E-state index contributed by atoms with van der Waals surface area (Å²) in [6, 6.07) is 23.6. The van der Waals surface area contributed by atoms with Crippen LogP contribution in [-0.4, -0.2) is 36.2 Å². The number of amides is 1. The first-order valence-corrected chi connectivity index (χ1v) is 12.8. The van der Waals surface area contributed by atoms with Crippen LogP contribution in [0.1, 0.15) is 30.2 Å². The number of anilines is 1. The van der Waals surface area contributed by atoms with Gasteiger partial charge in [-0.1, -0.05) is 48.2 Å². The summed E-state index contributed by atoms with van der Waals surface area (Å²) in [5, 5.41) is 17.3. The molecule has 3 heterocycles. The molecule has 2 aromatic carbocycles. The number of hydrogen-bond donors (Lipinski definition) is 1. The summed E-state index contributed by atoms with van der Waals surface area (Å²) >= 11 is 1.34. The molecular weight excluding hydrogens is 472 g/mol. The number of aryl methyl sites for hydroxylation is 1. The van der Waals surface area contributed by atoms with Crippen LogP contribution in [0.4, 0.5) is 5.82 Å². The third-order valence-electron chi connectivity index (χ3n) is 6.07. The van der Waals surface area contributed by atoms with Crippen LogP contribution >= 0.6 is 11.8 Å². The molecule has 0 bridgehead atoms. The minimum Gasteiger partial charge on any atom is -0.469 e. The molecule has 1 saturated carbocycles. The highest BCUT2D eigenvalue weighted by Gasteiger charge is 2.28. The van der Waals surface area contributed by atoms with Crippen LogP contribution in [0, 0.1) is 6.92 Å². The Morgan fingerprint density at radius 1 is 1.03 bits per heavy atom. The van der Waals surface area contributed by atoms with Crippen LogP contribution in [0.3, 0.4) is 0 Å². The third-order valence-corrected chi connectivity index (χ3v) is 7.00. The zero-order valence-corrected chi connectivity index (χ0v) is 20.5. The Hall–Kier alpha value is -4.11. The number of furan rings is 1. The Morgan fingerprint density at radius 2 is 1.75 bits per heavy atom. The summed E-state index contributed by atoms with van der Waals surface area (Å²) in [4.78, 5) is 13.1. The van der Waals surface area contributed by atoms with Crippen LogP contribution in [0.5, 0.6) is 0 Å². The number of thioether (sulfide) groups is 1. The van der Waals surface area contributed by atoms with Crippen molar-refractivity contribution in [3.05, 3.63) is 90.5 Å². The van der Waals surface area contributed by atoms with Crippen molar-refractivity contribution in [3.8, 4) is 22.8 Å². The lowest BCUT2D eigenvalue weighted by Gasteiger charge is -2.11. The highest BCUT2D eigenvalue weighted by molar-refractivity contribution is 7.99. The summed E-state index contributed by atoms with van der Waals surface area (Å²) in [5.74, 6) is 2.62. The number of benzene rings is 2. The molecule has 1 amide bonds. The Kier molecular flexibility index (Phi) is 5.90. The molecular formula is C27H24N6O2S. The van der Waals surface area contributed by atoms with Crippen LogP contribution in [0.15, 0.2) is 88.6 Å². The van der Waals surface area contributed by atoms with Crippen molar-refractivity contribution < 1.29 is 9.21 Å². The summed E-state index contributed by atoms with van der Waals surface area (Å²) in [6.07, 6.45) is 3.92. The van der Waals surface area contributed by atoms with Gasteiger partial charge in [0.05, 0.1) is 29.0 Å². The molecule has 0 radical (unpaired) electrons. The molecule has 1 fully saturated rings. The number of rotatable bonds is 8. The first-order valence-electron chi connectivity index (χ1n) is 11.8. The average Bonchev–Trinajstić information content (AvgIpc) is 3.33. The third kappa shape index (κ3) is 4.45. The number of aromatic nitrogens is 5. The molecule has 5 aromatic rings. The van der Waals surface area contributed by atoms with Crippen LogP contribution in [0.2, 0.25) is 0 Å². The second kappa shape index (κ2) is 9.50. The van der Waals surface area contributed by atoms with Gasteiger partial charge in [0.1, 0.15) is 11.6 Å². The molecule has 36 heavy (non-hydrogen) atoms. The lowest BCUT2D eigenvalue weighted by atomic mass is 10.2. The van der Waals surface area contributed by atoms with Crippen LogP contribution < -0.4 is 5.32 Å². The maximum atomic E-state index is 13.1. The molecule has 3 aromatic heterocycles. The fourth-order valence-corrected chi connectivity index (χ4v) is 4.86. The quantitative estimate of drug-likeness (QED) is 0.280. The second-order valence-corrected chi connectivity index (χ2v) is 9.62. The minimum absolute atomic E-state index is 0.136. The number of carbonyl (C=O) groups is 1. The number of nitrogens with zero attached hydrogens (tertiary/aromatic N) is 5. The van der Waals surface area contributed by atoms with Crippen molar-refractivity contribution >= 4 is 23.5 Å². The van der Waals surface area contributed by atoms with E-state index < -0.39 is 0 Å². The van der Waals surface area contributed by atoms with Gasteiger partial charge in [-0.05, 0) is 50.1 Å². The largest absolute Gasteiger partial charge is 0.469 e. The van der Waals surface area contributed by atoms with Gasteiger partial charge >= 0.3 is 0 Å². The highest BCUT2D eigenvalue weighted by Crippen LogP contribution is 2.40. The lowest BCUT2D eigenvalue weighted by molar-refractivity contribution is -0.113. The molecule has 0 saturated heterocycles. The molecule has 1 aliphatic rings. The summed E-state index contributed by atoms with van der Waals surface area (Å²) in [6.45, 7) is 1.89. The average molecular weight is 497 g/mol. The lowest BCUT2D eigenvalue weighted by Crippen LogP contribution is -2.17. The predicted octanol–water partition coefficient (Wildman–Crippen LogP) is 5.63. The van der Waals surface area contributed by atoms with Gasteiger partial charge in [0.15, 0.2) is 11.0 Å². The molecule has 180 valence electrons. The summed E-state index contributed by atoms with van der Waals surface area (Å²) < 4.78 is 9.26. The normalized spacial score (nSPS) is 13.1. The number of hydrogen-bond acceptors (Lipinski definition) is 6. The van der Waals surface area contributed by atoms with Gasteiger partial charge < -0.3 is 9.73 Å². The maximum absolute atomic E-state index is 13.1. The van der Waals surface area contributed by atoms with Gasteiger partial charge in [0.25, 0.3) is 0 Å². The van der Waals surface area contributed by atoms with Crippen molar-refractivity contribution in [1.29, 1.82) is 0 Å². The number of carbonyl (C=O) groups excluding carboxylic acids is 1. The van der Waals surface area contributed by atoms with Crippen molar-refractivity contribution in [2.45, 2.75) is 30.8 Å². The number of nitrogens with one attached hydrogen (secondary N) is 1. The van der Waals surface area contributed by atoms with Crippen LogP contribution in [0.25, 0.3) is 22.8 Å². The molecule has 9 heteroatoms. The fraction of sp³-hybridized carbons (Fsp3) is 0.185. The fourth-order valence-electron chi connectivity index (χ4n) is 4.11. The summed E-state index contributed by atoms with van der Waals surface area (Å²) in [5.41, 5.74) is 3.71.